The van der Waals surface area contributed by atoms with Crippen LogP contribution in [0.1, 0.15) is 30.7 Å². The van der Waals surface area contributed by atoms with E-state index in [1.165, 1.54) is 24.8 Å². The Hall–Kier alpha value is -0.960. The fraction of sp³-hybridized carbons (Fsp3) is 0.636. The molecule has 1 heterocycles. The molecule has 76 valence electrons. The van der Waals surface area contributed by atoms with Crippen molar-refractivity contribution in [2.75, 3.05) is 6.54 Å². The molecule has 0 aliphatic heterocycles. The Labute approximate surface area is 84.8 Å². The van der Waals surface area contributed by atoms with Crippen LogP contribution in [0.5, 0.6) is 0 Å². The second-order valence-electron chi connectivity index (χ2n) is 4.34. The number of aromatic nitrogens is 2. The SMILES string of the molecule is Cc1ncc(CCC2(CN)CC2)cn1. The summed E-state index contributed by atoms with van der Waals surface area (Å²) in [5, 5.41) is 0. The van der Waals surface area contributed by atoms with Gasteiger partial charge in [0.15, 0.2) is 0 Å². The first-order valence-corrected chi connectivity index (χ1v) is 5.22. The average Bonchev–Trinajstić information content (AvgIpc) is 2.98. The quantitative estimate of drug-likeness (QED) is 0.783. The first-order chi connectivity index (χ1) is 6.74. The standard InChI is InChI=1S/C11H17N3/c1-9-13-6-10(7-14-9)2-3-11(8-12)4-5-11/h6-7H,2-5,8,12H2,1H3. The Bertz CT molecular complexity index is 301. The summed E-state index contributed by atoms with van der Waals surface area (Å²) in [5.41, 5.74) is 7.42. The summed E-state index contributed by atoms with van der Waals surface area (Å²) in [7, 11) is 0. The third-order valence-corrected chi connectivity index (χ3v) is 3.17. The van der Waals surface area contributed by atoms with E-state index in [0.29, 0.717) is 5.41 Å². The first-order valence-electron chi connectivity index (χ1n) is 5.22. The zero-order chi connectivity index (χ0) is 10.0. The highest BCUT2D eigenvalue weighted by molar-refractivity contribution is 5.07. The van der Waals surface area contributed by atoms with Gasteiger partial charge in [-0.1, -0.05) is 0 Å². The lowest BCUT2D eigenvalue weighted by atomic mass is 9.98. The zero-order valence-corrected chi connectivity index (χ0v) is 8.66. The van der Waals surface area contributed by atoms with Crippen molar-refractivity contribution >= 4 is 0 Å². The summed E-state index contributed by atoms with van der Waals surface area (Å²) in [5.74, 6) is 0.841. The lowest BCUT2D eigenvalue weighted by Gasteiger charge is -2.10. The Morgan fingerprint density at radius 3 is 2.50 bits per heavy atom. The smallest absolute Gasteiger partial charge is 0.125 e. The molecule has 2 N–H and O–H groups in total. The molecule has 1 saturated carbocycles. The number of rotatable bonds is 4. The van der Waals surface area contributed by atoms with E-state index in [2.05, 4.69) is 9.97 Å². The molecular weight excluding hydrogens is 174 g/mol. The second kappa shape index (κ2) is 3.65. The third-order valence-electron chi connectivity index (χ3n) is 3.17. The van der Waals surface area contributed by atoms with Crippen molar-refractivity contribution in [1.82, 2.24) is 9.97 Å². The number of nitrogens with two attached hydrogens (primary N) is 1. The van der Waals surface area contributed by atoms with Crippen molar-refractivity contribution < 1.29 is 0 Å². The maximum atomic E-state index is 5.73. The van der Waals surface area contributed by atoms with E-state index in [0.717, 1.165) is 18.8 Å². The van der Waals surface area contributed by atoms with Gasteiger partial charge in [0.05, 0.1) is 0 Å². The number of nitrogens with zero attached hydrogens (tertiary/aromatic N) is 2. The van der Waals surface area contributed by atoms with Crippen LogP contribution in [-0.2, 0) is 6.42 Å². The molecule has 1 aromatic rings. The summed E-state index contributed by atoms with van der Waals surface area (Å²) < 4.78 is 0. The Kier molecular flexibility index (Phi) is 2.50. The average molecular weight is 191 g/mol. The summed E-state index contributed by atoms with van der Waals surface area (Å²) in [6, 6.07) is 0. The normalized spacial score (nSPS) is 18.1. The molecule has 3 nitrogen and oxygen atoms in total. The largest absolute Gasteiger partial charge is 0.330 e. The fourth-order valence-electron chi connectivity index (χ4n) is 1.69. The van der Waals surface area contributed by atoms with Gasteiger partial charge in [-0.15, -0.1) is 0 Å². The van der Waals surface area contributed by atoms with E-state index in [9.17, 15) is 0 Å². The van der Waals surface area contributed by atoms with Gasteiger partial charge in [-0.05, 0) is 50.1 Å². The molecule has 0 bridgehead atoms. The minimum absolute atomic E-state index is 0.463. The van der Waals surface area contributed by atoms with Crippen LogP contribution in [0.4, 0.5) is 0 Å². The van der Waals surface area contributed by atoms with Gasteiger partial charge in [0.1, 0.15) is 5.82 Å². The van der Waals surface area contributed by atoms with Crippen LogP contribution >= 0.6 is 0 Å². The van der Waals surface area contributed by atoms with E-state index in [4.69, 9.17) is 5.73 Å². The summed E-state index contributed by atoms with van der Waals surface area (Å²) in [6.07, 6.45) is 8.71. The van der Waals surface area contributed by atoms with Crippen molar-refractivity contribution in [3.8, 4) is 0 Å². The highest BCUT2D eigenvalue weighted by atomic mass is 14.8. The molecule has 0 aromatic carbocycles. The molecule has 0 spiro atoms. The molecule has 0 amide bonds. The summed E-state index contributed by atoms with van der Waals surface area (Å²) in [6.45, 7) is 2.74. The summed E-state index contributed by atoms with van der Waals surface area (Å²) in [4.78, 5) is 8.37. The zero-order valence-electron chi connectivity index (χ0n) is 8.66. The van der Waals surface area contributed by atoms with Crippen LogP contribution in [0.25, 0.3) is 0 Å². The molecule has 1 aliphatic rings. The molecule has 1 aromatic heterocycles. The topological polar surface area (TPSA) is 51.8 Å². The fourth-order valence-corrected chi connectivity index (χ4v) is 1.69. The van der Waals surface area contributed by atoms with E-state index in [-0.39, 0.29) is 0 Å². The van der Waals surface area contributed by atoms with Gasteiger partial charge < -0.3 is 5.73 Å². The molecule has 3 heteroatoms. The van der Waals surface area contributed by atoms with Crippen molar-refractivity contribution in [2.45, 2.75) is 32.6 Å². The van der Waals surface area contributed by atoms with E-state index in [1.54, 1.807) is 0 Å². The van der Waals surface area contributed by atoms with Gasteiger partial charge in [-0.25, -0.2) is 9.97 Å². The molecule has 0 atom stereocenters. The molecule has 0 saturated heterocycles. The van der Waals surface area contributed by atoms with Gasteiger partial charge in [0.25, 0.3) is 0 Å². The van der Waals surface area contributed by atoms with Crippen molar-refractivity contribution in [1.29, 1.82) is 0 Å². The molecule has 2 rings (SSSR count). The second-order valence-corrected chi connectivity index (χ2v) is 4.34. The lowest BCUT2D eigenvalue weighted by Crippen LogP contribution is -2.16. The van der Waals surface area contributed by atoms with Gasteiger partial charge >= 0.3 is 0 Å². The van der Waals surface area contributed by atoms with Crippen molar-refractivity contribution in [3.05, 3.63) is 23.8 Å². The van der Waals surface area contributed by atoms with Crippen molar-refractivity contribution in [2.24, 2.45) is 11.1 Å². The van der Waals surface area contributed by atoms with Crippen LogP contribution in [-0.4, -0.2) is 16.5 Å². The van der Waals surface area contributed by atoms with E-state index < -0.39 is 0 Å². The lowest BCUT2D eigenvalue weighted by molar-refractivity contribution is 0.478. The van der Waals surface area contributed by atoms with Crippen LogP contribution in [0.3, 0.4) is 0 Å². The molecule has 0 unspecified atom stereocenters. The molecule has 1 fully saturated rings. The van der Waals surface area contributed by atoms with Crippen LogP contribution < -0.4 is 5.73 Å². The highest BCUT2D eigenvalue weighted by Crippen LogP contribution is 2.48. The van der Waals surface area contributed by atoms with Gasteiger partial charge in [-0.2, -0.15) is 0 Å². The van der Waals surface area contributed by atoms with E-state index in [1.807, 2.05) is 19.3 Å². The van der Waals surface area contributed by atoms with Gasteiger partial charge in [-0.3, -0.25) is 0 Å². The molecule has 14 heavy (non-hydrogen) atoms. The Morgan fingerprint density at radius 2 is 2.00 bits per heavy atom. The Morgan fingerprint density at radius 1 is 1.36 bits per heavy atom. The Balaban J connectivity index is 1.89. The van der Waals surface area contributed by atoms with Crippen LogP contribution in [0, 0.1) is 12.3 Å². The molecule has 1 aliphatic carbocycles. The predicted molar refractivity (Wildman–Crippen MR) is 55.8 cm³/mol. The van der Waals surface area contributed by atoms with E-state index >= 15 is 0 Å². The summed E-state index contributed by atoms with van der Waals surface area (Å²) >= 11 is 0. The van der Waals surface area contributed by atoms with Crippen molar-refractivity contribution in [3.63, 3.8) is 0 Å². The first kappa shape index (κ1) is 9.59. The highest BCUT2D eigenvalue weighted by Gasteiger charge is 2.40. The van der Waals surface area contributed by atoms with Gasteiger partial charge in [0, 0.05) is 12.4 Å². The monoisotopic (exact) mass is 191 g/mol. The molecule has 0 radical (unpaired) electrons. The molecular formula is C11H17N3. The predicted octanol–water partition coefficient (Wildman–Crippen LogP) is 1.46. The van der Waals surface area contributed by atoms with Gasteiger partial charge in [0.2, 0.25) is 0 Å². The maximum Gasteiger partial charge on any atom is 0.125 e. The minimum Gasteiger partial charge on any atom is -0.330 e. The minimum atomic E-state index is 0.463. The number of hydrogen-bond acceptors (Lipinski definition) is 3. The maximum absolute atomic E-state index is 5.73. The van der Waals surface area contributed by atoms with Crippen LogP contribution in [0.15, 0.2) is 12.4 Å². The number of aryl methyl sites for hydroxylation is 2. The third kappa shape index (κ3) is 2.10. The number of hydrogen-bond donors (Lipinski definition) is 1. The van der Waals surface area contributed by atoms with Crippen LogP contribution in [0.2, 0.25) is 0 Å².